The van der Waals surface area contributed by atoms with Crippen molar-refractivity contribution in [2.45, 2.75) is 13.0 Å². The molecule has 1 aromatic carbocycles. The van der Waals surface area contributed by atoms with Crippen molar-refractivity contribution in [3.63, 3.8) is 0 Å². The maximum atomic E-state index is 12.2. The number of benzene rings is 1. The molecule has 27 heavy (non-hydrogen) atoms. The van der Waals surface area contributed by atoms with Gasteiger partial charge in [-0.25, -0.2) is 4.79 Å². The number of esters is 1. The fourth-order valence-electron chi connectivity index (χ4n) is 2.07. The number of carbonyl (C=O) groups is 3. The highest BCUT2D eigenvalue weighted by atomic mass is 79.9. The van der Waals surface area contributed by atoms with Gasteiger partial charge in [0.2, 0.25) is 0 Å². The first-order chi connectivity index (χ1) is 12.8. The molecule has 0 radical (unpaired) electrons. The Morgan fingerprint density at radius 1 is 1.30 bits per heavy atom. The van der Waals surface area contributed by atoms with Gasteiger partial charge in [0, 0.05) is 16.1 Å². The molecule has 2 amide bonds. The van der Waals surface area contributed by atoms with Crippen LogP contribution in [-0.4, -0.2) is 31.0 Å². The van der Waals surface area contributed by atoms with Gasteiger partial charge in [-0.3, -0.25) is 9.59 Å². The second kappa shape index (κ2) is 9.33. The predicted octanol–water partition coefficient (Wildman–Crippen LogP) is 3.20. The first-order valence-electron chi connectivity index (χ1n) is 7.72. The molecule has 0 aliphatic heterocycles. The third kappa shape index (κ3) is 5.66. The Labute approximate surface area is 168 Å². The van der Waals surface area contributed by atoms with Crippen molar-refractivity contribution in [1.29, 1.82) is 0 Å². The van der Waals surface area contributed by atoms with Crippen LogP contribution < -0.4 is 15.8 Å². The minimum absolute atomic E-state index is 0.202. The van der Waals surface area contributed by atoms with Gasteiger partial charge < -0.3 is 20.5 Å². The third-order valence-electron chi connectivity index (χ3n) is 3.42. The van der Waals surface area contributed by atoms with Crippen molar-refractivity contribution in [2.24, 2.45) is 5.73 Å². The molecule has 1 heterocycles. The van der Waals surface area contributed by atoms with E-state index in [1.165, 1.54) is 32.3 Å². The summed E-state index contributed by atoms with van der Waals surface area (Å²) in [7, 11) is 1.52. The smallest absolute Gasteiger partial charge is 0.331 e. The number of thiophene rings is 1. The summed E-state index contributed by atoms with van der Waals surface area (Å²) in [5.41, 5.74) is 6.10. The molecule has 0 bridgehead atoms. The largest absolute Gasteiger partial charge is 0.496 e. The first-order valence-corrected chi connectivity index (χ1v) is 9.39. The molecule has 0 aliphatic rings. The van der Waals surface area contributed by atoms with E-state index < -0.39 is 23.9 Å². The highest BCUT2D eigenvalue weighted by Gasteiger charge is 2.19. The lowest BCUT2D eigenvalue weighted by Crippen LogP contribution is -2.29. The fraction of sp³-hybridized carbons (Fsp3) is 0.167. The molecule has 1 aromatic heterocycles. The Balaban J connectivity index is 1.98. The summed E-state index contributed by atoms with van der Waals surface area (Å²) in [6.45, 7) is 1.43. The highest BCUT2D eigenvalue weighted by molar-refractivity contribution is 9.10. The lowest BCUT2D eigenvalue weighted by atomic mass is 10.2. The van der Waals surface area contributed by atoms with E-state index in [1.807, 2.05) is 6.07 Å². The van der Waals surface area contributed by atoms with Crippen LogP contribution in [0.1, 0.15) is 22.8 Å². The zero-order valence-electron chi connectivity index (χ0n) is 14.5. The number of hydrogen-bond acceptors (Lipinski definition) is 6. The van der Waals surface area contributed by atoms with Gasteiger partial charge in [0.1, 0.15) is 10.8 Å². The molecule has 7 nitrogen and oxygen atoms in total. The van der Waals surface area contributed by atoms with Gasteiger partial charge in [0.05, 0.1) is 12.7 Å². The van der Waals surface area contributed by atoms with Crippen molar-refractivity contribution in [3.05, 3.63) is 51.3 Å². The number of ether oxygens (including phenoxy) is 2. The summed E-state index contributed by atoms with van der Waals surface area (Å²) >= 11 is 4.50. The van der Waals surface area contributed by atoms with Gasteiger partial charge >= 0.3 is 5.97 Å². The minimum Gasteiger partial charge on any atom is -0.496 e. The fourth-order valence-corrected chi connectivity index (χ4v) is 3.25. The molecule has 142 valence electrons. The van der Waals surface area contributed by atoms with Crippen LogP contribution in [0.15, 0.2) is 40.2 Å². The number of methoxy groups -OCH3 is 1. The molecule has 1 atom stereocenters. The van der Waals surface area contributed by atoms with E-state index in [2.05, 4.69) is 21.2 Å². The molecule has 3 N–H and O–H groups in total. The van der Waals surface area contributed by atoms with Crippen LogP contribution in [-0.2, 0) is 14.3 Å². The van der Waals surface area contributed by atoms with Gasteiger partial charge in [-0.1, -0.05) is 15.9 Å². The third-order valence-corrected chi connectivity index (χ3v) is 4.74. The van der Waals surface area contributed by atoms with Crippen LogP contribution in [0.4, 0.5) is 5.00 Å². The Morgan fingerprint density at radius 3 is 2.70 bits per heavy atom. The summed E-state index contributed by atoms with van der Waals surface area (Å²) in [5, 5.41) is 4.46. The van der Waals surface area contributed by atoms with Crippen molar-refractivity contribution < 1.29 is 23.9 Å². The molecule has 0 saturated carbocycles. The van der Waals surface area contributed by atoms with E-state index in [0.717, 1.165) is 15.8 Å². The number of nitrogens with one attached hydrogen (secondary N) is 1. The van der Waals surface area contributed by atoms with Crippen LogP contribution in [0, 0.1) is 0 Å². The van der Waals surface area contributed by atoms with Gasteiger partial charge in [0.15, 0.2) is 6.10 Å². The Bertz CT molecular complexity index is 894. The van der Waals surface area contributed by atoms with E-state index in [1.54, 1.807) is 17.5 Å². The van der Waals surface area contributed by atoms with Gasteiger partial charge in [-0.15, -0.1) is 11.3 Å². The van der Waals surface area contributed by atoms with Crippen molar-refractivity contribution in [1.82, 2.24) is 0 Å². The molecule has 0 saturated heterocycles. The van der Waals surface area contributed by atoms with E-state index in [0.29, 0.717) is 16.3 Å². The Hall–Kier alpha value is -2.65. The zero-order chi connectivity index (χ0) is 20.0. The molecular weight excluding hydrogens is 436 g/mol. The average molecular weight is 453 g/mol. The van der Waals surface area contributed by atoms with Crippen LogP contribution in [0.5, 0.6) is 5.75 Å². The quantitative estimate of drug-likeness (QED) is 0.495. The first kappa shape index (κ1) is 20.7. The number of rotatable bonds is 7. The maximum absolute atomic E-state index is 12.2. The van der Waals surface area contributed by atoms with Crippen LogP contribution in [0.25, 0.3) is 6.08 Å². The molecule has 2 rings (SSSR count). The summed E-state index contributed by atoms with van der Waals surface area (Å²) in [6.07, 6.45) is 1.67. The number of anilines is 1. The standard InChI is InChI=1S/C18H17BrN2O5S/c1-10(17(24)21-18-13(16(20)23)7-8-27-18)26-15(22)6-3-11-9-12(19)4-5-14(11)25-2/h3-10H,1-2H3,(H2,20,23)(H,21,24)/b6-3+. The summed E-state index contributed by atoms with van der Waals surface area (Å²) in [4.78, 5) is 35.4. The lowest BCUT2D eigenvalue weighted by Gasteiger charge is -2.12. The second-order valence-corrected chi connectivity index (χ2v) is 7.15. The van der Waals surface area contributed by atoms with E-state index in [9.17, 15) is 14.4 Å². The molecule has 0 fully saturated rings. The zero-order valence-corrected chi connectivity index (χ0v) is 16.9. The number of primary amides is 1. The minimum atomic E-state index is -1.06. The molecule has 0 aliphatic carbocycles. The Morgan fingerprint density at radius 2 is 2.04 bits per heavy atom. The van der Waals surface area contributed by atoms with E-state index >= 15 is 0 Å². The molecular formula is C18H17BrN2O5S. The second-order valence-electron chi connectivity index (χ2n) is 5.32. The number of halogens is 1. The number of hydrogen-bond donors (Lipinski definition) is 2. The summed E-state index contributed by atoms with van der Waals surface area (Å²) in [5.74, 6) is -1.32. The maximum Gasteiger partial charge on any atom is 0.331 e. The van der Waals surface area contributed by atoms with Gasteiger partial charge in [0.25, 0.3) is 11.8 Å². The highest BCUT2D eigenvalue weighted by Crippen LogP contribution is 2.24. The Kier molecular flexibility index (Phi) is 7.14. The van der Waals surface area contributed by atoms with Crippen LogP contribution >= 0.6 is 27.3 Å². The van der Waals surface area contributed by atoms with Gasteiger partial charge in [-0.2, -0.15) is 0 Å². The monoisotopic (exact) mass is 452 g/mol. The summed E-state index contributed by atoms with van der Waals surface area (Å²) in [6, 6.07) is 6.85. The molecule has 0 spiro atoms. The molecule has 2 aromatic rings. The lowest BCUT2D eigenvalue weighted by molar-refractivity contribution is -0.148. The molecule has 1 unspecified atom stereocenters. The summed E-state index contributed by atoms with van der Waals surface area (Å²) < 4.78 is 11.1. The molecule has 9 heteroatoms. The van der Waals surface area contributed by atoms with E-state index in [-0.39, 0.29) is 5.56 Å². The van der Waals surface area contributed by atoms with Crippen molar-refractivity contribution in [3.8, 4) is 5.75 Å². The van der Waals surface area contributed by atoms with Crippen LogP contribution in [0.3, 0.4) is 0 Å². The number of carbonyl (C=O) groups excluding carboxylic acids is 3. The average Bonchev–Trinajstić information content (AvgIpc) is 3.08. The topological polar surface area (TPSA) is 108 Å². The van der Waals surface area contributed by atoms with Crippen molar-refractivity contribution >= 4 is 56.1 Å². The predicted molar refractivity (Wildman–Crippen MR) is 107 cm³/mol. The van der Waals surface area contributed by atoms with Gasteiger partial charge in [-0.05, 0) is 42.6 Å². The normalized spacial score (nSPS) is 11.8. The number of amides is 2. The van der Waals surface area contributed by atoms with E-state index in [4.69, 9.17) is 15.2 Å². The SMILES string of the molecule is COc1ccc(Br)cc1/C=C/C(=O)OC(C)C(=O)Nc1sccc1C(N)=O. The number of nitrogens with two attached hydrogens (primary N) is 1. The van der Waals surface area contributed by atoms with Crippen LogP contribution in [0.2, 0.25) is 0 Å². The van der Waals surface area contributed by atoms with Crippen molar-refractivity contribution in [2.75, 3.05) is 12.4 Å².